The number of hydrogen-bond acceptors (Lipinski definition) is 7. The number of sulfonamides is 1. The molecule has 0 fully saturated rings. The molecular formula is C24H26N4O6S. The van der Waals surface area contributed by atoms with Gasteiger partial charge in [0.2, 0.25) is 0 Å². The summed E-state index contributed by atoms with van der Waals surface area (Å²) in [6.07, 6.45) is 2.40. The molecule has 1 aromatic heterocycles. The maximum Gasteiger partial charge on any atom is 0.276 e. The van der Waals surface area contributed by atoms with Crippen molar-refractivity contribution in [3.05, 3.63) is 70.6 Å². The molecule has 0 aliphatic carbocycles. The molecule has 0 saturated carbocycles. The van der Waals surface area contributed by atoms with Gasteiger partial charge in [0.25, 0.3) is 21.5 Å². The quantitative estimate of drug-likeness (QED) is 0.488. The molecule has 0 saturated heterocycles. The number of carbonyl (C=O) groups excluding carboxylic acids is 1. The zero-order valence-corrected chi connectivity index (χ0v) is 20.0. The predicted octanol–water partition coefficient (Wildman–Crippen LogP) is 3.26. The molecule has 2 heterocycles. The minimum Gasteiger partial charge on any atom is -0.490 e. The van der Waals surface area contributed by atoms with E-state index in [0.717, 1.165) is 19.3 Å². The fourth-order valence-corrected chi connectivity index (χ4v) is 4.45. The molecule has 3 aromatic rings. The van der Waals surface area contributed by atoms with Gasteiger partial charge in [0.1, 0.15) is 5.69 Å². The van der Waals surface area contributed by atoms with Gasteiger partial charge in [0.05, 0.1) is 18.1 Å². The molecule has 2 N–H and O–H groups in total. The smallest absolute Gasteiger partial charge is 0.276 e. The van der Waals surface area contributed by atoms with Crippen LogP contribution in [0.4, 0.5) is 11.4 Å². The molecule has 4 rings (SSSR count). The molecule has 2 aromatic carbocycles. The summed E-state index contributed by atoms with van der Waals surface area (Å²) < 4.78 is 40.6. The van der Waals surface area contributed by atoms with E-state index in [1.807, 2.05) is 6.92 Å². The Morgan fingerprint density at radius 2 is 1.71 bits per heavy atom. The first-order valence-corrected chi connectivity index (χ1v) is 12.8. The van der Waals surface area contributed by atoms with Crippen LogP contribution in [0.3, 0.4) is 0 Å². The molecule has 184 valence electrons. The lowest BCUT2D eigenvalue weighted by Gasteiger charge is -2.12. The van der Waals surface area contributed by atoms with Crippen molar-refractivity contribution in [3.63, 3.8) is 0 Å². The first-order chi connectivity index (χ1) is 16.9. The molecule has 0 atom stereocenters. The van der Waals surface area contributed by atoms with Gasteiger partial charge in [-0.1, -0.05) is 13.3 Å². The summed E-state index contributed by atoms with van der Waals surface area (Å²) >= 11 is 0. The summed E-state index contributed by atoms with van der Waals surface area (Å²) in [7, 11) is -3.87. The fourth-order valence-electron chi connectivity index (χ4n) is 3.38. The van der Waals surface area contributed by atoms with E-state index in [0.29, 0.717) is 42.6 Å². The number of anilines is 2. The molecule has 0 bridgehead atoms. The molecule has 1 aliphatic heterocycles. The third-order valence-corrected chi connectivity index (χ3v) is 6.63. The zero-order valence-electron chi connectivity index (χ0n) is 19.2. The fraction of sp³-hybridized carbons (Fsp3) is 0.292. The normalized spacial score (nSPS) is 13.1. The second kappa shape index (κ2) is 10.6. The van der Waals surface area contributed by atoms with Gasteiger partial charge in [-0.15, -0.1) is 0 Å². The van der Waals surface area contributed by atoms with Crippen molar-refractivity contribution in [2.45, 2.75) is 37.6 Å². The highest BCUT2D eigenvalue weighted by molar-refractivity contribution is 7.92. The number of unbranched alkanes of at least 4 members (excludes halogenated alkanes) is 1. The van der Waals surface area contributed by atoms with Crippen LogP contribution < -0.4 is 25.1 Å². The van der Waals surface area contributed by atoms with Crippen molar-refractivity contribution in [2.24, 2.45) is 0 Å². The van der Waals surface area contributed by atoms with Crippen LogP contribution in [-0.4, -0.2) is 37.3 Å². The molecule has 0 radical (unpaired) electrons. The Hall–Kier alpha value is -3.86. The maximum absolute atomic E-state index is 12.8. The van der Waals surface area contributed by atoms with Crippen LogP contribution in [0.15, 0.2) is 64.3 Å². The second-order valence-electron chi connectivity index (χ2n) is 7.93. The minimum absolute atomic E-state index is 0.0448. The third kappa shape index (κ3) is 5.99. The monoisotopic (exact) mass is 498 g/mol. The van der Waals surface area contributed by atoms with Gasteiger partial charge >= 0.3 is 0 Å². The Bertz CT molecular complexity index is 1370. The van der Waals surface area contributed by atoms with Crippen molar-refractivity contribution in [1.82, 2.24) is 9.78 Å². The lowest BCUT2D eigenvalue weighted by molar-refractivity contribution is 0.101. The summed E-state index contributed by atoms with van der Waals surface area (Å²) in [5, 5.41) is 6.82. The van der Waals surface area contributed by atoms with E-state index in [-0.39, 0.29) is 16.1 Å². The molecule has 35 heavy (non-hydrogen) atoms. The largest absolute Gasteiger partial charge is 0.490 e. The molecule has 10 nitrogen and oxygen atoms in total. The summed E-state index contributed by atoms with van der Waals surface area (Å²) in [5.74, 6) is 0.422. The van der Waals surface area contributed by atoms with Gasteiger partial charge in [-0.3, -0.25) is 14.3 Å². The van der Waals surface area contributed by atoms with Crippen LogP contribution in [0.25, 0.3) is 0 Å². The third-order valence-electron chi connectivity index (χ3n) is 5.25. The molecule has 0 spiro atoms. The first-order valence-electron chi connectivity index (χ1n) is 11.3. The predicted molar refractivity (Wildman–Crippen MR) is 131 cm³/mol. The van der Waals surface area contributed by atoms with Gasteiger partial charge in [-0.05, 0) is 48.9 Å². The van der Waals surface area contributed by atoms with Crippen molar-refractivity contribution < 1.29 is 22.7 Å². The Morgan fingerprint density at radius 1 is 1.00 bits per heavy atom. The number of amides is 1. The van der Waals surface area contributed by atoms with Gasteiger partial charge in [0.15, 0.2) is 11.5 Å². The molecule has 1 aliphatic rings. The summed E-state index contributed by atoms with van der Waals surface area (Å²) in [6.45, 7) is 3.41. The van der Waals surface area contributed by atoms with Crippen molar-refractivity contribution in [2.75, 3.05) is 23.3 Å². The van der Waals surface area contributed by atoms with Crippen LogP contribution >= 0.6 is 0 Å². The number of aromatic nitrogens is 2. The van der Waals surface area contributed by atoms with Crippen LogP contribution in [-0.2, 0) is 16.6 Å². The lowest BCUT2D eigenvalue weighted by Crippen LogP contribution is -2.26. The minimum atomic E-state index is -3.87. The van der Waals surface area contributed by atoms with E-state index in [9.17, 15) is 18.0 Å². The number of benzene rings is 2. The summed E-state index contributed by atoms with van der Waals surface area (Å²) in [5.41, 5.74) is 0.614. The number of nitrogens with zero attached hydrogens (tertiary/aromatic N) is 2. The second-order valence-corrected chi connectivity index (χ2v) is 9.61. The Kier molecular flexibility index (Phi) is 7.35. The lowest BCUT2D eigenvalue weighted by atomic mass is 10.2. The van der Waals surface area contributed by atoms with E-state index >= 15 is 0 Å². The average Bonchev–Trinajstić information content (AvgIpc) is 3.09. The van der Waals surface area contributed by atoms with Crippen LogP contribution in [0.2, 0.25) is 0 Å². The zero-order chi connectivity index (χ0) is 24.8. The number of hydrogen-bond donors (Lipinski definition) is 2. The van der Waals surface area contributed by atoms with E-state index in [4.69, 9.17) is 9.47 Å². The summed E-state index contributed by atoms with van der Waals surface area (Å²) in [6, 6.07) is 13.4. The highest BCUT2D eigenvalue weighted by Gasteiger charge is 2.19. The molecule has 0 unspecified atom stereocenters. The van der Waals surface area contributed by atoms with Gasteiger partial charge in [-0.25, -0.2) is 13.1 Å². The van der Waals surface area contributed by atoms with Gasteiger partial charge in [0, 0.05) is 36.5 Å². The van der Waals surface area contributed by atoms with E-state index in [2.05, 4.69) is 15.1 Å². The van der Waals surface area contributed by atoms with E-state index in [1.54, 1.807) is 18.2 Å². The number of ether oxygens (including phenoxy) is 2. The highest BCUT2D eigenvalue weighted by Crippen LogP contribution is 2.32. The number of fused-ring (bicyclic) bond motifs is 1. The molecule has 11 heteroatoms. The Balaban J connectivity index is 1.43. The highest BCUT2D eigenvalue weighted by atomic mass is 32.2. The van der Waals surface area contributed by atoms with Crippen molar-refractivity contribution >= 4 is 27.3 Å². The van der Waals surface area contributed by atoms with Crippen LogP contribution in [0.1, 0.15) is 36.7 Å². The Morgan fingerprint density at radius 3 is 2.46 bits per heavy atom. The first kappa shape index (κ1) is 24.3. The number of nitrogens with one attached hydrogen (secondary N) is 2. The van der Waals surface area contributed by atoms with E-state index in [1.165, 1.54) is 41.1 Å². The summed E-state index contributed by atoms with van der Waals surface area (Å²) in [4.78, 5) is 24.5. The Labute approximate surface area is 202 Å². The molecular weight excluding hydrogens is 472 g/mol. The number of carbonyl (C=O) groups is 1. The van der Waals surface area contributed by atoms with Gasteiger partial charge in [-0.2, -0.15) is 5.10 Å². The molecule has 1 amide bonds. The van der Waals surface area contributed by atoms with Crippen LogP contribution in [0, 0.1) is 0 Å². The number of aryl methyl sites for hydroxylation is 1. The topological polar surface area (TPSA) is 129 Å². The maximum atomic E-state index is 12.8. The van der Waals surface area contributed by atoms with E-state index < -0.39 is 15.9 Å². The number of rotatable bonds is 8. The average molecular weight is 499 g/mol. The standard InChI is InChI=1S/C24H26N4O6S/c1-2-3-13-28-23(29)12-10-20(26-28)24(30)25-17-5-7-18(8-6-17)27-35(31,32)19-9-11-21-22(16-19)34-15-4-14-33-21/h5-12,16,27H,2-4,13-15H2,1H3,(H,25,30). The van der Waals surface area contributed by atoms with Gasteiger partial charge < -0.3 is 14.8 Å². The van der Waals surface area contributed by atoms with Crippen LogP contribution in [0.5, 0.6) is 11.5 Å². The van der Waals surface area contributed by atoms with Crippen molar-refractivity contribution in [1.29, 1.82) is 0 Å². The SMILES string of the molecule is CCCCn1nc(C(=O)Nc2ccc(NS(=O)(=O)c3ccc4c(c3)OCCCO4)cc2)ccc1=O. The van der Waals surface area contributed by atoms with Crippen molar-refractivity contribution in [3.8, 4) is 11.5 Å².